The van der Waals surface area contributed by atoms with E-state index in [9.17, 15) is 29.4 Å². The van der Waals surface area contributed by atoms with Crippen molar-refractivity contribution in [2.24, 2.45) is 10.8 Å². The van der Waals surface area contributed by atoms with Crippen LogP contribution in [0.25, 0.3) is 0 Å². The molecular weight excluding hydrogens is 755 g/mol. The zero-order valence-electron chi connectivity index (χ0n) is 36.1. The first-order valence-corrected chi connectivity index (χ1v) is 19.9. The number of hydrogen-bond donors (Lipinski definition) is 5. The number of urea groups is 1. The lowest BCUT2D eigenvalue weighted by Gasteiger charge is -2.38. The van der Waals surface area contributed by atoms with Crippen molar-refractivity contribution in [2.45, 2.75) is 105 Å². The number of nitrogens with one attached hydrogen (secondary N) is 3. The van der Waals surface area contributed by atoms with E-state index in [1.807, 2.05) is 84.0 Å². The molecule has 15 heteroatoms. The first-order chi connectivity index (χ1) is 27.6. The van der Waals surface area contributed by atoms with Gasteiger partial charge in [-0.1, -0.05) is 90.1 Å². The van der Waals surface area contributed by atoms with Crippen molar-refractivity contribution in [3.8, 4) is 5.75 Å². The Kier molecular flexibility index (Phi) is 15.5. The van der Waals surface area contributed by atoms with E-state index >= 15 is 0 Å². The number of amides is 5. The number of hydrazine groups is 1. The smallest absolute Gasteiger partial charge is 0.407 e. The number of ether oxygens (including phenoxy) is 2. The van der Waals surface area contributed by atoms with E-state index in [1.54, 1.807) is 66.1 Å². The number of carbonyl (C=O) groups excluding carboxylic acids is 4. The number of aliphatic hydroxyl groups is 2. The quantitative estimate of drug-likeness (QED) is 0.123. The Labute approximate surface area is 348 Å². The predicted octanol–water partition coefficient (Wildman–Crippen LogP) is 4.36. The molecule has 0 saturated carbocycles. The van der Waals surface area contributed by atoms with Gasteiger partial charge < -0.3 is 40.1 Å². The van der Waals surface area contributed by atoms with Crippen LogP contribution in [-0.2, 0) is 39.4 Å². The van der Waals surface area contributed by atoms with Crippen LogP contribution in [0, 0.1) is 10.8 Å². The van der Waals surface area contributed by atoms with Crippen LogP contribution in [0.15, 0.2) is 72.8 Å². The number of nitrogens with zero attached hydrogens (tertiary/aromatic N) is 4. The summed E-state index contributed by atoms with van der Waals surface area (Å²) in [6.07, 6.45) is -1.76. The topological polar surface area (TPSA) is 186 Å². The van der Waals surface area contributed by atoms with Crippen LogP contribution in [-0.4, -0.2) is 112 Å². The molecule has 5 N–H and O–H groups in total. The van der Waals surface area contributed by atoms with Gasteiger partial charge in [-0.2, -0.15) is 0 Å². The second-order valence-corrected chi connectivity index (χ2v) is 17.8. The van der Waals surface area contributed by atoms with Crippen molar-refractivity contribution in [3.05, 3.63) is 95.3 Å². The van der Waals surface area contributed by atoms with Gasteiger partial charge >= 0.3 is 12.1 Å². The Bertz CT molecular complexity index is 1870. The van der Waals surface area contributed by atoms with Crippen molar-refractivity contribution >= 4 is 23.9 Å². The third-order valence-electron chi connectivity index (χ3n) is 10.2. The highest BCUT2D eigenvalue weighted by Gasteiger charge is 2.44. The number of hydrogen-bond acceptors (Lipinski definition) is 10. The maximum atomic E-state index is 14.6. The van der Waals surface area contributed by atoms with E-state index < -0.39 is 58.6 Å². The molecule has 1 aliphatic rings. The first kappa shape index (κ1) is 46.4. The highest BCUT2D eigenvalue weighted by molar-refractivity contribution is 5.89. The van der Waals surface area contributed by atoms with Crippen LogP contribution < -0.4 is 20.8 Å². The molecule has 0 spiro atoms. The monoisotopic (exact) mass is 817 g/mol. The third kappa shape index (κ3) is 13.1. The number of methoxy groups -OCH3 is 2. The molecule has 15 nitrogen and oxygen atoms in total. The summed E-state index contributed by atoms with van der Waals surface area (Å²) < 4.78 is 10.1. The zero-order valence-corrected chi connectivity index (χ0v) is 36.1. The number of alkyl carbamates (subject to hydrolysis) is 1. The molecule has 0 aliphatic carbocycles. The van der Waals surface area contributed by atoms with Gasteiger partial charge in [0.05, 0.1) is 44.3 Å². The summed E-state index contributed by atoms with van der Waals surface area (Å²) in [6, 6.07) is 18.9. The van der Waals surface area contributed by atoms with Gasteiger partial charge in [-0.05, 0) is 66.5 Å². The molecule has 4 rings (SSSR count). The van der Waals surface area contributed by atoms with Crippen molar-refractivity contribution in [1.29, 1.82) is 0 Å². The minimum absolute atomic E-state index is 0.127. The molecule has 59 heavy (non-hydrogen) atoms. The van der Waals surface area contributed by atoms with Gasteiger partial charge in [0.2, 0.25) is 5.91 Å². The van der Waals surface area contributed by atoms with Gasteiger partial charge in [-0.15, -0.1) is 0 Å². The lowest BCUT2D eigenvalue weighted by molar-refractivity contribution is -0.133. The molecule has 322 valence electrons. The molecule has 0 radical (unpaired) electrons. The Morgan fingerprint density at radius 3 is 2.07 bits per heavy atom. The highest BCUT2D eigenvalue weighted by Crippen LogP contribution is 2.29. The normalized spacial score (nSPS) is 15.6. The summed E-state index contributed by atoms with van der Waals surface area (Å²) in [6.45, 7) is 15.3. The largest absolute Gasteiger partial charge is 0.497 e. The van der Waals surface area contributed by atoms with Gasteiger partial charge in [-0.3, -0.25) is 20.0 Å². The molecule has 2 heterocycles. The number of carbonyl (C=O) groups is 4. The molecule has 5 amide bonds. The average molecular weight is 818 g/mol. The van der Waals surface area contributed by atoms with Gasteiger partial charge in [0, 0.05) is 26.2 Å². The number of aromatic nitrogens is 1. The molecule has 1 saturated heterocycles. The first-order valence-electron chi connectivity index (χ1n) is 19.9. The molecule has 1 fully saturated rings. The number of benzene rings is 2. The maximum absolute atomic E-state index is 14.6. The van der Waals surface area contributed by atoms with Crippen molar-refractivity contribution in [2.75, 3.05) is 33.9 Å². The van der Waals surface area contributed by atoms with E-state index in [1.165, 1.54) is 7.11 Å². The number of pyridine rings is 1. The lowest BCUT2D eigenvalue weighted by atomic mass is 9.84. The maximum Gasteiger partial charge on any atom is 0.407 e. The van der Waals surface area contributed by atoms with Gasteiger partial charge in [0.25, 0.3) is 5.91 Å². The minimum atomic E-state index is -1.24. The fourth-order valence-corrected chi connectivity index (χ4v) is 7.03. The van der Waals surface area contributed by atoms with E-state index in [-0.39, 0.29) is 32.1 Å². The summed E-state index contributed by atoms with van der Waals surface area (Å²) in [5.41, 5.74) is 3.09. The lowest BCUT2D eigenvalue weighted by Crippen LogP contribution is -2.61. The summed E-state index contributed by atoms with van der Waals surface area (Å²) in [5, 5.41) is 29.9. The van der Waals surface area contributed by atoms with Crippen molar-refractivity contribution < 1.29 is 38.9 Å². The molecule has 4 atom stereocenters. The molecule has 4 unspecified atom stereocenters. The van der Waals surface area contributed by atoms with E-state index in [4.69, 9.17) is 9.47 Å². The minimum Gasteiger partial charge on any atom is -0.497 e. The second kappa shape index (κ2) is 19.7. The van der Waals surface area contributed by atoms with Crippen LogP contribution >= 0.6 is 0 Å². The Morgan fingerprint density at radius 1 is 0.831 bits per heavy atom. The van der Waals surface area contributed by atoms with Crippen LogP contribution in [0.3, 0.4) is 0 Å². The van der Waals surface area contributed by atoms with E-state index in [0.29, 0.717) is 30.2 Å². The van der Waals surface area contributed by atoms with E-state index in [0.717, 1.165) is 11.1 Å². The Morgan fingerprint density at radius 2 is 1.49 bits per heavy atom. The van der Waals surface area contributed by atoms with Crippen molar-refractivity contribution in [1.82, 2.24) is 35.9 Å². The molecule has 1 aliphatic heterocycles. The molecule has 1 aromatic heterocycles. The van der Waals surface area contributed by atoms with Gasteiger partial charge in [0.1, 0.15) is 23.4 Å². The van der Waals surface area contributed by atoms with Crippen molar-refractivity contribution in [3.63, 3.8) is 0 Å². The zero-order chi connectivity index (χ0) is 43.7. The standard InChI is InChI=1S/C44H63N7O8/c1-42(2,3)36(47-40(55)59-10)38(53)48-50(26-30-19-21-32(58-9)22-20-30)28-34(52)33(25-29-15-12-11-13-16-29)46-39(54)37(43(4,5)6)51-24-23-49(41(51)56)27-31-17-14-18-35(45-31)44(7,8)57/h11-22,33-34,36-37,52,57H,23-28H2,1-10H3,(H,46,54)(H,47,55)(H,48,53). The van der Waals surface area contributed by atoms with Crippen LogP contribution in [0.2, 0.25) is 0 Å². The van der Waals surface area contributed by atoms with Gasteiger partial charge in [-0.25, -0.2) is 14.6 Å². The van der Waals surface area contributed by atoms with E-state index in [2.05, 4.69) is 21.0 Å². The SMILES string of the molecule is COC(=O)NC(C(=O)NN(Cc1ccc(OC)cc1)CC(O)C(Cc1ccccc1)NC(=O)C(N1CCN(Cc2cccc(C(C)(C)O)n2)C1=O)C(C)(C)C)C(C)(C)C. The summed E-state index contributed by atoms with van der Waals surface area (Å²) in [7, 11) is 2.79. The second-order valence-electron chi connectivity index (χ2n) is 17.8. The summed E-state index contributed by atoms with van der Waals surface area (Å²) >= 11 is 0. The number of rotatable bonds is 17. The summed E-state index contributed by atoms with van der Waals surface area (Å²) in [5.74, 6) is -0.315. The predicted molar refractivity (Wildman–Crippen MR) is 224 cm³/mol. The summed E-state index contributed by atoms with van der Waals surface area (Å²) in [4.78, 5) is 62.6. The fraction of sp³-hybridized carbons (Fsp3) is 0.523. The van der Waals surface area contributed by atoms with Crippen LogP contribution in [0.5, 0.6) is 5.75 Å². The molecule has 3 aromatic rings. The highest BCUT2D eigenvalue weighted by atomic mass is 16.5. The van der Waals surface area contributed by atoms with Crippen LogP contribution in [0.4, 0.5) is 9.59 Å². The number of aliphatic hydroxyl groups excluding tert-OH is 1. The fourth-order valence-electron chi connectivity index (χ4n) is 7.03. The average Bonchev–Trinajstić information content (AvgIpc) is 3.50. The molecular formula is C44H63N7O8. The molecule has 0 bridgehead atoms. The van der Waals surface area contributed by atoms with Gasteiger partial charge in [0.15, 0.2) is 0 Å². The molecule has 2 aromatic carbocycles. The third-order valence-corrected chi connectivity index (χ3v) is 10.2. The Balaban J connectivity index is 1.62. The van der Waals surface area contributed by atoms with Crippen LogP contribution in [0.1, 0.15) is 77.9 Å². The Hall–Kier alpha value is -5.25.